The highest BCUT2D eigenvalue weighted by Gasteiger charge is 2.47. The summed E-state index contributed by atoms with van der Waals surface area (Å²) in [6.07, 6.45) is 12.1. The Morgan fingerprint density at radius 1 is 0.955 bits per heavy atom. The summed E-state index contributed by atoms with van der Waals surface area (Å²) in [5, 5.41) is 11.2. The Bertz CT molecular complexity index is 1730. The summed E-state index contributed by atoms with van der Waals surface area (Å²) < 4.78 is 45.2. The third kappa shape index (κ3) is 16.8. The Morgan fingerprint density at radius 2 is 1.58 bits per heavy atom. The van der Waals surface area contributed by atoms with E-state index in [0.717, 1.165) is 67.5 Å². The fourth-order valence-electron chi connectivity index (χ4n) is 9.63. The van der Waals surface area contributed by atoms with E-state index in [1.54, 1.807) is 0 Å². The number of epoxide rings is 1. The number of carbonyl (C=O) groups is 2. The lowest BCUT2D eigenvalue weighted by Crippen LogP contribution is -2.48. The summed E-state index contributed by atoms with van der Waals surface area (Å²) in [4.78, 5) is 38.4. The van der Waals surface area contributed by atoms with E-state index in [1.807, 2.05) is 45.9 Å². The molecule has 2 heterocycles. The van der Waals surface area contributed by atoms with Crippen LogP contribution in [0.5, 0.6) is 5.75 Å². The van der Waals surface area contributed by atoms with E-state index in [1.165, 1.54) is 24.3 Å². The second kappa shape index (κ2) is 27.1. The van der Waals surface area contributed by atoms with Gasteiger partial charge < -0.3 is 32.5 Å². The van der Waals surface area contributed by atoms with Gasteiger partial charge in [0.2, 0.25) is 0 Å². The number of nitro benzene ring substituents is 1. The number of benzene rings is 1. The van der Waals surface area contributed by atoms with Crippen molar-refractivity contribution in [3.8, 4) is 5.75 Å². The minimum Gasteiger partial charge on any atom is -0.457 e. The van der Waals surface area contributed by atoms with Gasteiger partial charge >= 0.3 is 12.1 Å². The van der Waals surface area contributed by atoms with Crippen molar-refractivity contribution in [1.29, 1.82) is 0 Å². The number of nitrogens with zero attached hydrogens (tertiary/aromatic N) is 1. The van der Waals surface area contributed by atoms with Crippen LogP contribution in [0.25, 0.3) is 0 Å². The maximum absolute atomic E-state index is 14.0. The van der Waals surface area contributed by atoms with E-state index < -0.39 is 51.6 Å². The van der Waals surface area contributed by atoms with Gasteiger partial charge in [-0.2, -0.15) is 0 Å². The van der Waals surface area contributed by atoms with Crippen molar-refractivity contribution in [1.82, 2.24) is 0 Å². The molecule has 3 rings (SSSR count). The molecule has 11 atom stereocenters. The Balaban J connectivity index is 1.94. The van der Waals surface area contributed by atoms with Crippen molar-refractivity contribution in [3.63, 3.8) is 0 Å². The Hall–Kier alpha value is -3.15. The summed E-state index contributed by atoms with van der Waals surface area (Å²) >= 11 is 0. The molecule has 1 aromatic carbocycles. The van der Waals surface area contributed by atoms with Crippen molar-refractivity contribution >= 4 is 34.4 Å². The van der Waals surface area contributed by atoms with E-state index >= 15 is 0 Å². The molecule has 14 heteroatoms. The minimum atomic E-state index is -2.18. The summed E-state index contributed by atoms with van der Waals surface area (Å²) in [6, 6.07) is 11.4. The van der Waals surface area contributed by atoms with Crippen LogP contribution in [-0.2, 0) is 32.6 Å². The highest BCUT2D eigenvalue weighted by atomic mass is 28.4. The van der Waals surface area contributed by atoms with Gasteiger partial charge in [0, 0.05) is 30.1 Å². The van der Waals surface area contributed by atoms with E-state index in [0.29, 0.717) is 18.8 Å². The normalized spacial score (nSPS) is 26.9. The summed E-state index contributed by atoms with van der Waals surface area (Å²) in [6.45, 7) is 30.1. The van der Waals surface area contributed by atoms with Gasteiger partial charge in [-0.25, -0.2) is 4.79 Å². The van der Waals surface area contributed by atoms with E-state index in [2.05, 4.69) is 81.4 Å². The molecule has 0 radical (unpaired) electrons. The number of nitro groups is 1. The fourth-order valence-corrected chi connectivity index (χ4v) is 15.6. The van der Waals surface area contributed by atoms with Gasteiger partial charge in [0.15, 0.2) is 22.7 Å². The first-order valence-corrected chi connectivity index (χ1v) is 30.4. The lowest BCUT2D eigenvalue weighted by Gasteiger charge is -2.40. The second-order valence-corrected chi connectivity index (χ2v) is 28.8. The number of hydrogen-bond donors (Lipinski definition) is 0. The standard InChI is InChI=1S/C52H87NO11Si2/c1-15-24-40(12)62-52(14)34-33-44(63-65(17-3,18-4)19-5)36-48(54)61-49(39(11)27-32-47(52)60-51(55)58-43-30-28-42(29-31-43)53(56)57)38(10)26-23-25-37(9)35-46-50(59-46)41(13)45(16-2)64-66(20-6,21-7)22-8/h23,25-32,37,39-41,44-47,49-50H,15-22,24,33-36H2,1-14H3/b25-23+,32-27+,38-26+/t37-,39+,40?,41-,44-,45+,46-,47+,49-,50-,52-/m1/s1. The first kappa shape index (κ1) is 57.2. The second-order valence-electron chi connectivity index (χ2n) is 19.4. The molecule has 0 aromatic heterocycles. The quantitative estimate of drug-likeness (QED) is 0.0135. The molecule has 1 unspecified atom stereocenters. The van der Waals surface area contributed by atoms with Gasteiger partial charge in [0.25, 0.3) is 5.69 Å². The molecule has 66 heavy (non-hydrogen) atoms. The van der Waals surface area contributed by atoms with Gasteiger partial charge in [0.1, 0.15) is 17.5 Å². The third-order valence-corrected chi connectivity index (χ3v) is 24.0. The smallest absolute Gasteiger partial charge is 0.457 e. The molecule has 1 aromatic rings. The molecular weight excluding hydrogens is 871 g/mol. The molecule has 0 saturated carbocycles. The van der Waals surface area contributed by atoms with Crippen molar-refractivity contribution in [2.24, 2.45) is 17.8 Å². The first-order valence-electron chi connectivity index (χ1n) is 25.3. The highest BCUT2D eigenvalue weighted by molar-refractivity contribution is 6.74. The van der Waals surface area contributed by atoms with Crippen molar-refractivity contribution in [3.05, 3.63) is 70.3 Å². The van der Waals surface area contributed by atoms with Crippen LogP contribution < -0.4 is 4.74 Å². The summed E-state index contributed by atoms with van der Waals surface area (Å²) in [5.74, 6) is 0.0629. The van der Waals surface area contributed by atoms with E-state index in [-0.39, 0.29) is 60.1 Å². The Kier molecular flexibility index (Phi) is 23.5. The zero-order valence-electron chi connectivity index (χ0n) is 43.1. The predicted molar refractivity (Wildman–Crippen MR) is 269 cm³/mol. The number of carbonyl (C=O) groups excluding carboxylic acids is 2. The number of ether oxygens (including phenoxy) is 5. The molecule has 0 bridgehead atoms. The number of rotatable bonds is 25. The van der Waals surface area contributed by atoms with Gasteiger partial charge in [0.05, 0.1) is 35.8 Å². The van der Waals surface area contributed by atoms with E-state index in [9.17, 15) is 19.7 Å². The van der Waals surface area contributed by atoms with Gasteiger partial charge in [-0.15, -0.1) is 0 Å². The van der Waals surface area contributed by atoms with Crippen LogP contribution in [0.2, 0.25) is 36.3 Å². The molecule has 12 nitrogen and oxygen atoms in total. The van der Waals surface area contributed by atoms with Crippen molar-refractivity contribution < 1.29 is 47.0 Å². The van der Waals surface area contributed by atoms with Crippen LogP contribution in [0.3, 0.4) is 0 Å². The largest absolute Gasteiger partial charge is 0.514 e. The van der Waals surface area contributed by atoms with Crippen LogP contribution in [0, 0.1) is 27.9 Å². The number of cyclic esters (lactones) is 1. The summed E-state index contributed by atoms with van der Waals surface area (Å²) in [5.41, 5.74) is -0.296. The molecule has 0 spiro atoms. The molecule has 0 amide bonds. The number of non-ortho nitro benzene ring substituents is 1. The molecule has 0 N–H and O–H groups in total. The van der Waals surface area contributed by atoms with E-state index in [4.69, 9.17) is 32.5 Å². The molecular formula is C52H87NO11Si2. The lowest BCUT2D eigenvalue weighted by atomic mass is 9.88. The average molecular weight is 958 g/mol. The molecule has 374 valence electrons. The van der Waals surface area contributed by atoms with Crippen LogP contribution in [0.4, 0.5) is 10.5 Å². The van der Waals surface area contributed by atoms with Crippen LogP contribution in [-0.4, -0.2) is 82.0 Å². The molecule has 0 aliphatic carbocycles. The van der Waals surface area contributed by atoms with Crippen LogP contribution in [0.1, 0.15) is 142 Å². The number of hydrogen-bond acceptors (Lipinski definition) is 11. The van der Waals surface area contributed by atoms with Gasteiger partial charge in [-0.3, -0.25) is 14.9 Å². The topological polar surface area (TPSA) is 145 Å². The Labute approximate surface area is 400 Å². The SMILES string of the molecule is CCCC(C)O[C@]1(C)CC[C@@H](O[Si](CC)(CC)CC)CC(=O)O[C@H](/C(C)=C/C=C/[C@@H](C)C[C@H]2O[C@@H]2[C@H](C)[C@H](CC)O[Si](CC)(CC)CC)[C@@H](C)/C=C/[C@@H]1OC(=O)Oc1ccc([N+](=O)[O-])cc1. The maximum Gasteiger partial charge on any atom is 0.514 e. The monoisotopic (exact) mass is 958 g/mol. The van der Waals surface area contributed by atoms with Crippen LogP contribution >= 0.6 is 0 Å². The molecule has 1 saturated heterocycles. The predicted octanol–water partition coefficient (Wildman–Crippen LogP) is 13.9. The van der Waals surface area contributed by atoms with Gasteiger partial charge in [-0.1, -0.05) is 107 Å². The first-order chi connectivity index (χ1) is 31.3. The van der Waals surface area contributed by atoms with Crippen LogP contribution in [0.15, 0.2) is 60.2 Å². The highest BCUT2D eigenvalue weighted by Crippen LogP contribution is 2.40. The number of esters is 1. The number of allylic oxidation sites excluding steroid dienone is 3. The van der Waals surface area contributed by atoms with Crippen molar-refractivity contribution in [2.45, 2.75) is 226 Å². The third-order valence-electron chi connectivity index (χ3n) is 14.6. The summed E-state index contributed by atoms with van der Waals surface area (Å²) in [7, 11) is -3.91. The average Bonchev–Trinajstić information content (AvgIpc) is 4.06. The molecule has 1 fully saturated rings. The Morgan fingerprint density at radius 3 is 2.14 bits per heavy atom. The maximum atomic E-state index is 14.0. The fraction of sp³-hybridized carbons (Fsp3) is 0.731. The zero-order valence-corrected chi connectivity index (χ0v) is 45.1. The molecule has 2 aliphatic rings. The minimum absolute atomic E-state index is 0.0829. The zero-order chi connectivity index (χ0) is 49.2. The van der Waals surface area contributed by atoms with Crippen molar-refractivity contribution in [2.75, 3.05) is 0 Å². The molecule has 2 aliphatic heterocycles. The van der Waals surface area contributed by atoms with Gasteiger partial charge in [-0.05, 0) is 119 Å². The lowest BCUT2D eigenvalue weighted by molar-refractivity contribution is -0.384.